The Hall–Kier alpha value is -0.320. The minimum Gasteiger partial charge on any atom is -0.375 e. The fourth-order valence-electron chi connectivity index (χ4n) is 3.55. The Morgan fingerprint density at radius 2 is 2.19 bits per heavy atom. The van der Waals surface area contributed by atoms with Gasteiger partial charge in [0.2, 0.25) is 0 Å². The van der Waals surface area contributed by atoms with E-state index < -0.39 is 0 Å². The number of hydrogen-bond acceptors (Lipinski definition) is 3. The summed E-state index contributed by atoms with van der Waals surface area (Å²) in [5, 5.41) is 1.17. The van der Waals surface area contributed by atoms with Gasteiger partial charge in [0.05, 0.1) is 22.8 Å². The van der Waals surface area contributed by atoms with Gasteiger partial charge in [0, 0.05) is 25.2 Å². The molecule has 2 aliphatic rings. The fraction of sp³-hybridized carbons (Fsp3) is 0.625. The summed E-state index contributed by atoms with van der Waals surface area (Å²) in [6.45, 7) is 2.85. The van der Waals surface area contributed by atoms with Crippen LogP contribution in [0.25, 0.3) is 0 Å². The summed E-state index contributed by atoms with van der Waals surface area (Å²) in [6, 6.07) is 6.19. The molecule has 3 rings (SSSR count). The highest BCUT2D eigenvalue weighted by atomic mass is 35.5. The van der Waals surface area contributed by atoms with Gasteiger partial charge in [-0.1, -0.05) is 35.3 Å². The zero-order valence-corrected chi connectivity index (χ0v) is 13.6. The summed E-state index contributed by atoms with van der Waals surface area (Å²) < 4.78 is 5.85. The molecule has 3 unspecified atom stereocenters. The normalized spacial score (nSPS) is 27.6. The van der Waals surface area contributed by atoms with Gasteiger partial charge in [0.25, 0.3) is 0 Å². The van der Waals surface area contributed by atoms with E-state index in [-0.39, 0.29) is 6.04 Å². The molecule has 1 aromatic carbocycles. The van der Waals surface area contributed by atoms with E-state index in [2.05, 4.69) is 4.90 Å². The highest BCUT2D eigenvalue weighted by Gasteiger charge is 2.35. The van der Waals surface area contributed by atoms with Crippen LogP contribution in [0, 0.1) is 0 Å². The van der Waals surface area contributed by atoms with Crippen molar-refractivity contribution in [2.75, 3.05) is 19.7 Å². The Morgan fingerprint density at radius 1 is 1.33 bits per heavy atom. The summed E-state index contributed by atoms with van der Waals surface area (Å²) in [5.74, 6) is 0. The maximum Gasteiger partial charge on any atom is 0.0730 e. The molecule has 1 aromatic rings. The highest BCUT2D eigenvalue weighted by molar-refractivity contribution is 6.42. The lowest BCUT2D eigenvalue weighted by atomic mass is 10.0. The Balaban J connectivity index is 1.60. The number of nitrogens with two attached hydrogens (primary N) is 1. The average Bonchev–Trinajstić information content (AvgIpc) is 2.96. The van der Waals surface area contributed by atoms with Gasteiger partial charge in [-0.2, -0.15) is 0 Å². The number of ether oxygens (including phenoxy) is 1. The molecule has 116 valence electrons. The first-order valence-electron chi connectivity index (χ1n) is 7.72. The van der Waals surface area contributed by atoms with E-state index in [0.717, 1.165) is 31.7 Å². The van der Waals surface area contributed by atoms with Crippen molar-refractivity contribution in [1.29, 1.82) is 0 Å². The third kappa shape index (κ3) is 3.38. The Bertz CT molecular complexity index is 497. The first kappa shape index (κ1) is 15.6. The summed E-state index contributed by atoms with van der Waals surface area (Å²) in [7, 11) is 0. The summed E-state index contributed by atoms with van der Waals surface area (Å²) in [5.41, 5.74) is 7.26. The molecule has 0 spiro atoms. The van der Waals surface area contributed by atoms with Gasteiger partial charge in [-0.15, -0.1) is 0 Å². The first-order chi connectivity index (χ1) is 10.2. The minimum atomic E-state index is -0.0705. The molecule has 5 heteroatoms. The van der Waals surface area contributed by atoms with Crippen LogP contribution in [0.1, 0.15) is 37.3 Å². The molecule has 0 aromatic heterocycles. The summed E-state index contributed by atoms with van der Waals surface area (Å²) in [4.78, 5) is 2.54. The van der Waals surface area contributed by atoms with Gasteiger partial charge in [0.15, 0.2) is 0 Å². The summed E-state index contributed by atoms with van der Waals surface area (Å²) >= 11 is 12.3. The number of hydrogen-bond donors (Lipinski definition) is 1. The van der Waals surface area contributed by atoms with Gasteiger partial charge in [0.1, 0.15) is 0 Å². The minimum absolute atomic E-state index is 0.0705. The number of nitrogens with zero attached hydrogens (tertiary/aromatic N) is 1. The molecule has 21 heavy (non-hydrogen) atoms. The predicted octanol–water partition coefficient (Wildman–Crippen LogP) is 3.64. The lowest BCUT2D eigenvalue weighted by molar-refractivity contribution is -0.0561. The van der Waals surface area contributed by atoms with Gasteiger partial charge in [-0.05, 0) is 37.3 Å². The molecular formula is C16H22Cl2N2O. The first-order valence-corrected chi connectivity index (χ1v) is 8.47. The van der Waals surface area contributed by atoms with Crippen LogP contribution < -0.4 is 5.73 Å². The molecule has 1 aliphatic carbocycles. The fourth-order valence-corrected chi connectivity index (χ4v) is 4.00. The molecule has 2 fully saturated rings. The lowest BCUT2D eigenvalue weighted by Gasteiger charge is -2.38. The summed E-state index contributed by atoms with van der Waals surface area (Å²) in [6.07, 6.45) is 5.05. The Kier molecular flexibility index (Phi) is 5.07. The van der Waals surface area contributed by atoms with Crippen LogP contribution in [-0.2, 0) is 4.74 Å². The number of rotatable bonds is 4. The topological polar surface area (TPSA) is 38.5 Å². The maximum absolute atomic E-state index is 6.32. The van der Waals surface area contributed by atoms with Crippen molar-refractivity contribution in [3.05, 3.63) is 33.8 Å². The van der Waals surface area contributed by atoms with E-state index >= 15 is 0 Å². The number of fused-ring (bicyclic) bond motifs is 1. The Morgan fingerprint density at radius 3 is 3.05 bits per heavy atom. The molecule has 3 nitrogen and oxygen atoms in total. The molecule has 0 amide bonds. The molecule has 0 bridgehead atoms. The zero-order valence-electron chi connectivity index (χ0n) is 12.1. The van der Waals surface area contributed by atoms with Crippen molar-refractivity contribution in [3.63, 3.8) is 0 Å². The van der Waals surface area contributed by atoms with E-state index in [9.17, 15) is 0 Å². The molecular weight excluding hydrogens is 307 g/mol. The largest absolute Gasteiger partial charge is 0.375 e. The average molecular weight is 329 g/mol. The van der Waals surface area contributed by atoms with E-state index in [4.69, 9.17) is 33.7 Å². The molecule has 1 saturated heterocycles. The van der Waals surface area contributed by atoms with E-state index in [1.54, 1.807) is 6.07 Å². The second-order valence-electron chi connectivity index (χ2n) is 5.98. The highest BCUT2D eigenvalue weighted by Crippen LogP contribution is 2.32. The standard InChI is InChI=1S/C16H22Cl2N2O/c17-12-4-1-3-11(16(12)18)13(19)7-8-20-9-10-21-15-6-2-5-14(15)20/h1,3-4,13-15H,2,5-10,19H2. The van der Waals surface area contributed by atoms with Gasteiger partial charge >= 0.3 is 0 Å². The number of morpholine rings is 1. The van der Waals surface area contributed by atoms with Crippen molar-refractivity contribution in [2.24, 2.45) is 5.73 Å². The molecule has 1 saturated carbocycles. The van der Waals surface area contributed by atoms with Crippen LogP contribution in [0.2, 0.25) is 10.0 Å². The van der Waals surface area contributed by atoms with Crippen LogP contribution in [0.3, 0.4) is 0 Å². The van der Waals surface area contributed by atoms with Crippen LogP contribution in [0.5, 0.6) is 0 Å². The van der Waals surface area contributed by atoms with Gasteiger partial charge < -0.3 is 10.5 Å². The third-order valence-corrected chi connectivity index (χ3v) is 5.54. The molecule has 3 atom stereocenters. The SMILES string of the molecule is NC(CCN1CCOC2CCCC21)c1cccc(Cl)c1Cl. The Labute approximate surface area is 136 Å². The molecule has 2 N–H and O–H groups in total. The van der Waals surface area contributed by atoms with Crippen LogP contribution in [0.15, 0.2) is 18.2 Å². The molecule has 0 radical (unpaired) electrons. The molecule has 1 aliphatic heterocycles. The number of halogens is 2. The van der Waals surface area contributed by atoms with Crippen molar-refractivity contribution in [1.82, 2.24) is 4.90 Å². The zero-order chi connectivity index (χ0) is 14.8. The van der Waals surface area contributed by atoms with Crippen LogP contribution in [-0.4, -0.2) is 36.7 Å². The maximum atomic E-state index is 6.32. The van der Waals surface area contributed by atoms with Crippen LogP contribution >= 0.6 is 23.2 Å². The van der Waals surface area contributed by atoms with Crippen molar-refractivity contribution in [2.45, 2.75) is 43.9 Å². The van der Waals surface area contributed by atoms with Gasteiger partial charge in [-0.3, -0.25) is 4.90 Å². The monoisotopic (exact) mass is 328 g/mol. The second-order valence-corrected chi connectivity index (χ2v) is 6.77. The van der Waals surface area contributed by atoms with E-state index in [1.165, 1.54) is 19.3 Å². The van der Waals surface area contributed by atoms with Crippen molar-refractivity contribution >= 4 is 23.2 Å². The lowest BCUT2D eigenvalue weighted by Crippen LogP contribution is -2.49. The number of benzene rings is 1. The van der Waals surface area contributed by atoms with E-state index in [1.807, 2.05) is 12.1 Å². The second kappa shape index (κ2) is 6.84. The van der Waals surface area contributed by atoms with Crippen molar-refractivity contribution < 1.29 is 4.74 Å². The predicted molar refractivity (Wildman–Crippen MR) is 87.0 cm³/mol. The molecule has 1 heterocycles. The van der Waals surface area contributed by atoms with Crippen molar-refractivity contribution in [3.8, 4) is 0 Å². The van der Waals surface area contributed by atoms with E-state index in [0.29, 0.717) is 22.2 Å². The quantitative estimate of drug-likeness (QED) is 0.917. The smallest absolute Gasteiger partial charge is 0.0730 e. The van der Waals surface area contributed by atoms with Gasteiger partial charge in [-0.25, -0.2) is 0 Å². The third-order valence-electron chi connectivity index (χ3n) is 4.71. The van der Waals surface area contributed by atoms with Crippen LogP contribution in [0.4, 0.5) is 0 Å².